The lowest BCUT2D eigenvalue weighted by Crippen LogP contribution is -2.00. The molecule has 22 heavy (non-hydrogen) atoms. The van der Waals surface area contributed by atoms with E-state index in [-0.39, 0.29) is 0 Å². The third kappa shape index (κ3) is 3.78. The summed E-state index contributed by atoms with van der Waals surface area (Å²) in [7, 11) is 1.60. The van der Waals surface area contributed by atoms with Crippen molar-refractivity contribution in [1.82, 2.24) is 14.9 Å². The van der Waals surface area contributed by atoms with E-state index in [9.17, 15) is 0 Å². The fourth-order valence-corrected chi connectivity index (χ4v) is 1.95. The minimum atomic E-state index is 0.340. The second kappa shape index (κ2) is 8.71. The molecule has 0 fully saturated rings. The van der Waals surface area contributed by atoms with E-state index in [0.29, 0.717) is 29.1 Å². The van der Waals surface area contributed by atoms with Crippen molar-refractivity contribution in [1.29, 1.82) is 0 Å². The van der Waals surface area contributed by atoms with E-state index in [1.807, 2.05) is 56.8 Å². The van der Waals surface area contributed by atoms with Crippen LogP contribution in [0.2, 0.25) is 0 Å². The molecule has 2 heterocycles. The van der Waals surface area contributed by atoms with Gasteiger partial charge in [-0.25, -0.2) is 0 Å². The van der Waals surface area contributed by atoms with Crippen LogP contribution in [0, 0.1) is 0 Å². The average molecular weight is 304 g/mol. The third-order valence-electron chi connectivity index (χ3n) is 2.75. The SMILES string of the molecule is CC.CC.COc1cc(Cn2cccn2)cc2onc(N)c12. The summed E-state index contributed by atoms with van der Waals surface area (Å²) in [5.74, 6) is 1.00. The fraction of sp³-hybridized carbons (Fsp3) is 0.375. The molecule has 0 spiro atoms. The Hall–Kier alpha value is -2.50. The number of ether oxygens (including phenoxy) is 1. The number of aromatic nitrogens is 3. The van der Waals surface area contributed by atoms with Gasteiger partial charge in [0.05, 0.1) is 13.7 Å². The van der Waals surface area contributed by atoms with E-state index in [0.717, 1.165) is 5.56 Å². The van der Waals surface area contributed by atoms with Gasteiger partial charge in [0.1, 0.15) is 11.1 Å². The topological polar surface area (TPSA) is 79.1 Å². The van der Waals surface area contributed by atoms with Crippen LogP contribution in [0.15, 0.2) is 35.1 Å². The van der Waals surface area contributed by atoms with Crippen molar-refractivity contribution in [2.75, 3.05) is 12.8 Å². The van der Waals surface area contributed by atoms with Gasteiger partial charge in [0.25, 0.3) is 0 Å². The van der Waals surface area contributed by atoms with Gasteiger partial charge in [-0.3, -0.25) is 4.68 Å². The predicted molar refractivity (Wildman–Crippen MR) is 89.0 cm³/mol. The van der Waals surface area contributed by atoms with Gasteiger partial charge in [0.2, 0.25) is 0 Å². The zero-order valence-electron chi connectivity index (χ0n) is 13.8. The van der Waals surface area contributed by atoms with Crippen LogP contribution >= 0.6 is 0 Å². The second-order valence-electron chi connectivity index (χ2n) is 3.94. The monoisotopic (exact) mass is 304 g/mol. The normalized spacial score (nSPS) is 9.50. The van der Waals surface area contributed by atoms with Gasteiger partial charge in [-0.1, -0.05) is 32.9 Å². The first-order valence-corrected chi connectivity index (χ1v) is 7.47. The number of benzene rings is 1. The van der Waals surface area contributed by atoms with Gasteiger partial charge < -0.3 is 15.0 Å². The van der Waals surface area contributed by atoms with Gasteiger partial charge in [-0.05, 0) is 23.8 Å². The van der Waals surface area contributed by atoms with Gasteiger partial charge in [0, 0.05) is 12.4 Å². The van der Waals surface area contributed by atoms with Crippen LogP contribution < -0.4 is 10.5 Å². The average Bonchev–Trinajstić information content (AvgIpc) is 3.21. The Morgan fingerprint density at radius 1 is 1.23 bits per heavy atom. The van der Waals surface area contributed by atoms with Crippen molar-refractivity contribution < 1.29 is 9.26 Å². The summed E-state index contributed by atoms with van der Waals surface area (Å²) in [5.41, 5.74) is 7.37. The number of hydrogen-bond acceptors (Lipinski definition) is 5. The molecule has 2 aromatic heterocycles. The summed E-state index contributed by atoms with van der Waals surface area (Å²) in [4.78, 5) is 0. The van der Waals surface area contributed by atoms with Crippen molar-refractivity contribution in [3.63, 3.8) is 0 Å². The summed E-state index contributed by atoms with van der Waals surface area (Å²) in [6, 6.07) is 5.68. The molecule has 6 heteroatoms. The number of nitrogens with zero attached hydrogens (tertiary/aromatic N) is 3. The molecule has 0 aliphatic rings. The van der Waals surface area contributed by atoms with Crippen molar-refractivity contribution in [2.24, 2.45) is 0 Å². The molecule has 0 saturated heterocycles. The third-order valence-corrected chi connectivity index (χ3v) is 2.75. The summed E-state index contributed by atoms with van der Waals surface area (Å²) in [6.07, 6.45) is 3.63. The van der Waals surface area contributed by atoms with Crippen LogP contribution in [-0.2, 0) is 6.54 Å². The standard InChI is InChI=1S/C12H12N4O2.2C2H6/c1-17-9-5-8(7-16-4-2-3-14-16)6-10-11(9)12(13)15-18-10;2*1-2/h2-6H,7H2,1H3,(H2,13,15);2*1-2H3. The van der Waals surface area contributed by atoms with E-state index in [1.54, 1.807) is 13.3 Å². The zero-order chi connectivity index (χ0) is 16.5. The zero-order valence-corrected chi connectivity index (χ0v) is 13.8. The number of nitrogen functional groups attached to an aromatic ring is 1. The Kier molecular flexibility index (Phi) is 6.95. The van der Waals surface area contributed by atoms with E-state index < -0.39 is 0 Å². The Bertz CT molecular complexity index is 675. The molecule has 0 unspecified atom stereocenters. The van der Waals surface area contributed by atoms with Crippen LogP contribution in [0.3, 0.4) is 0 Å². The quantitative estimate of drug-likeness (QED) is 0.797. The van der Waals surface area contributed by atoms with Crippen LogP contribution in [0.25, 0.3) is 11.0 Å². The van der Waals surface area contributed by atoms with Gasteiger partial charge in [-0.15, -0.1) is 0 Å². The molecule has 2 N–H and O–H groups in total. The summed E-state index contributed by atoms with van der Waals surface area (Å²) < 4.78 is 12.3. The Morgan fingerprint density at radius 2 is 1.95 bits per heavy atom. The van der Waals surface area contributed by atoms with Crippen molar-refractivity contribution >= 4 is 16.8 Å². The highest BCUT2D eigenvalue weighted by Gasteiger charge is 2.13. The Balaban J connectivity index is 0.000000561. The number of anilines is 1. The lowest BCUT2D eigenvalue weighted by atomic mass is 10.1. The van der Waals surface area contributed by atoms with Crippen LogP contribution in [0.5, 0.6) is 5.75 Å². The molecule has 0 saturated carbocycles. The van der Waals surface area contributed by atoms with Gasteiger partial charge in [-0.2, -0.15) is 5.10 Å². The first kappa shape index (κ1) is 17.6. The van der Waals surface area contributed by atoms with E-state index >= 15 is 0 Å². The molecule has 3 rings (SSSR count). The smallest absolute Gasteiger partial charge is 0.178 e. The van der Waals surface area contributed by atoms with Gasteiger partial charge >= 0.3 is 0 Å². The molecule has 0 atom stereocenters. The van der Waals surface area contributed by atoms with E-state index in [1.165, 1.54) is 0 Å². The Labute approximate surface area is 130 Å². The maximum absolute atomic E-state index is 5.74. The molecule has 0 radical (unpaired) electrons. The molecule has 120 valence electrons. The molecule has 0 aliphatic heterocycles. The predicted octanol–water partition coefficient (Wildman–Crippen LogP) is 3.72. The minimum Gasteiger partial charge on any atom is -0.496 e. The van der Waals surface area contributed by atoms with Crippen molar-refractivity contribution in [3.05, 3.63) is 36.2 Å². The maximum Gasteiger partial charge on any atom is 0.178 e. The first-order chi connectivity index (χ1) is 10.8. The number of fused-ring (bicyclic) bond motifs is 1. The maximum atomic E-state index is 5.74. The largest absolute Gasteiger partial charge is 0.496 e. The van der Waals surface area contributed by atoms with Crippen LogP contribution in [0.4, 0.5) is 5.82 Å². The number of rotatable bonds is 3. The summed E-state index contributed by atoms with van der Waals surface area (Å²) >= 11 is 0. The van der Waals surface area contributed by atoms with Crippen molar-refractivity contribution in [3.8, 4) is 5.75 Å². The number of nitrogens with two attached hydrogens (primary N) is 1. The lowest BCUT2D eigenvalue weighted by Gasteiger charge is -2.06. The van der Waals surface area contributed by atoms with E-state index in [4.69, 9.17) is 15.0 Å². The van der Waals surface area contributed by atoms with Crippen LogP contribution in [-0.4, -0.2) is 22.0 Å². The molecule has 0 amide bonds. The first-order valence-electron chi connectivity index (χ1n) is 7.47. The second-order valence-corrected chi connectivity index (χ2v) is 3.94. The van der Waals surface area contributed by atoms with Crippen LogP contribution in [0.1, 0.15) is 33.3 Å². The minimum absolute atomic E-state index is 0.340. The lowest BCUT2D eigenvalue weighted by molar-refractivity contribution is 0.418. The summed E-state index contributed by atoms with van der Waals surface area (Å²) in [5, 5.41) is 8.61. The fourth-order valence-electron chi connectivity index (χ4n) is 1.95. The molecular formula is C16H24N4O2. The molecule has 0 bridgehead atoms. The highest BCUT2D eigenvalue weighted by atomic mass is 16.5. The molecule has 1 aromatic carbocycles. The Morgan fingerprint density at radius 3 is 2.55 bits per heavy atom. The molecule has 0 aliphatic carbocycles. The number of methoxy groups -OCH3 is 1. The summed E-state index contributed by atoms with van der Waals surface area (Å²) in [6.45, 7) is 8.64. The molecule has 6 nitrogen and oxygen atoms in total. The van der Waals surface area contributed by atoms with Crippen molar-refractivity contribution in [2.45, 2.75) is 34.2 Å². The highest BCUT2D eigenvalue weighted by molar-refractivity contribution is 5.93. The number of hydrogen-bond donors (Lipinski definition) is 1. The highest BCUT2D eigenvalue weighted by Crippen LogP contribution is 2.32. The molecule has 3 aromatic rings. The van der Waals surface area contributed by atoms with Gasteiger partial charge in [0.15, 0.2) is 11.4 Å². The van der Waals surface area contributed by atoms with E-state index in [2.05, 4.69) is 10.3 Å². The molecular weight excluding hydrogens is 280 g/mol.